The minimum Gasteiger partial charge on any atom is -0.456 e. The van der Waals surface area contributed by atoms with Gasteiger partial charge in [0.15, 0.2) is 11.4 Å². The predicted octanol–water partition coefficient (Wildman–Crippen LogP) is 9.19. The van der Waals surface area contributed by atoms with Crippen molar-refractivity contribution < 1.29 is 8.83 Å². The monoisotopic (exact) mass is 515 g/mol. The number of para-hydroxylation sites is 2. The second kappa shape index (κ2) is 9.03. The van der Waals surface area contributed by atoms with Crippen LogP contribution in [0, 0.1) is 0 Å². The summed E-state index contributed by atoms with van der Waals surface area (Å²) in [6.07, 6.45) is 0. The van der Waals surface area contributed by atoms with Gasteiger partial charge in [0.2, 0.25) is 5.89 Å². The molecular weight excluding hydrogens is 494 g/mol. The van der Waals surface area contributed by atoms with E-state index in [9.17, 15) is 0 Å². The van der Waals surface area contributed by atoms with Crippen molar-refractivity contribution in [1.82, 2.24) is 15.0 Å². The van der Waals surface area contributed by atoms with Gasteiger partial charge in [-0.1, -0.05) is 84.9 Å². The van der Waals surface area contributed by atoms with Crippen LogP contribution in [0.2, 0.25) is 0 Å². The zero-order valence-electron chi connectivity index (χ0n) is 21.3. The highest BCUT2D eigenvalue weighted by atomic mass is 16.3. The molecule has 0 spiro atoms. The van der Waals surface area contributed by atoms with E-state index >= 15 is 0 Å². The topological polar surface area (TPSA) is 65.0 Å². The van der Waals surface area contributed by atoms with Gasteiger partial charge in [-0.2, -0.15) is 0 Å². The molecule has 0 bridgehead atoms. The summed E-state index contributed by atoms with van der Waals surface area (Å²) in [5.41, 5.74) is 8.70. The van der Waals surface area contributed by atoms with Crippen LogP contribution in [0.4, 0.5) is 0 Å². The average molecular weight is 516 g/mol. The lowest BCUT2D eigenvalue weighted by atomic mass is 10.0. The van der Waals surface area contributed by atoms with Gasteiger partial charge in [-0.15, -0.1) is 0 Å². The molecule has 5 heteroatoms. The van der Waals surface area contributed by atoms with Crippen LogP contribution in [0.15, 0.2) is 136 Å². The highest BCUT2D eigenvalue weighted by Crippen LogP contribution is 2.38. The Balaban J connectivity index is 1.32. The van der Waals surface area contributed by atoms with E-state index in [4.69, 9.17) is 18.8 Å². The minimum absolute atomic E-state index is 0.565. The Morgan fingerprint density at radius 2 is 1.12 bits per heavy atom. The summed E-state index contributed by atoms with van der Waals surface area (Å²) in [7, 11) is 0. The molecule has 0 amide bonds. The van der Waals surface area contributed by atoms with Crippen LogP contribution < -0.4 is 0 Å². The molecule has 0 aliphatic carbocycles. The first-order valence-electron chi connectivity index (χ1n) is 13.1. The first kappa shape index (κ1) is 22.4. The molecule has 40 heavy (non-hydrogen) atoms. The van der Waals surface area contributed by atoms with Crippen LogP contribution >= 0.6 is 0 Å². The molecule has 8 rings (SSSR count). The first-order chi connectivity index (χ1) is 19.8. The number of rotatable bonds is 4. The Kier molecular flexibility index (Phi) is 5.07. The summed E-state index contributed by atoms with van der Waals surface area (Å²) in [4.78, 5) is 14.8. The number of nitrogens with zero attached hydrogens (tertiary/aromatic N) is 3. The maximum atomic E-state index is 6.36. The van der Waals surface area contributed by atoms with E-state index in [-0.39, 0.29) is 0 Å². The second-order valence-corrected chi connectivity index (χ2v) is 9.67. The highest BCUT2D eigenvalue weighted by molar-refractivity contribution is 6.12. The predicted molar refractivity (Wildman–Crippen MR) is 159 cm³/mol. The molecule has 0 N–H and O–H groups in total. The van der Waals surface area contributed by atoms with Gasteiger partial charge in [-0.25, -0.2) is 15.0 Å². The van der Waals surface area contributed by atoms with E-state index in [1.54, 1.807) is 0 Å². The molecule has 8 aromatic rings. The largest absolute Gasteiger partial charge is 0.456 e. The molecule has 188 valence electrons. The molecule has 0 aliphatic rings. The molecular formula is C35H21N3O2. The Morgan fingerprint density at radius 3 is 1.85 bits per heavy atom. The molecule has 0 fully saturated rings. The highest BCUT2D eigenvalue weighted by Gasteiger charge is 2.18. The third kappa shape index (κ3) is 3.76. The van der Waals surface area contributed by atoms with Crippen LogP contribution in [-0.4, -0.2) is 15.0 Å². The molecule has 0 atom stereocenters. The summed E-state index contributed by atoms with van der Waals surface area (Å²) in [6, 6.07) is 42.3. The van der Waals surface area contributed by atoms with Crippen molar-refractivity contribution in [3.05, 3.63) is 127 Å². The van der Waals surface area contributed by atoms with Crippen LogP contribution in [0.1, 0.15) is 0 Å². The lowest BCUT2D eigenvalue weighted by molar-refractivity contribution is 0.619. The average Bonchev–Trinajstić information content (AvgIpc) is 3.63. The number of aromatic nitrogens is 3. The summed E-state index contributed by atoms with van der Waals surface area (Å²) in [5.74, 6) is 1.21. The van der Waals surface area contributed by atoms with E-state index in [1.165, 1.54) is 0 Å². The van der Waals surface area contributed by atoms with Crippen LogP contribution in [-0.2, 0) is 0 Å². The van der Waals surface area contributed by atoms with Gasteiger partial charge in [0.25, 0.3) is 0 Å². The van der Waals surface area contributed by atoms with Crippen molar-refractivity contribution in [2.45, 2.75) is 0 Å². The third-order valence-corrected chi connectivity index (χ3v) is 7.14. The smallest absolute Gasteiger partial charge is 0.227 e. The Bertz CT molecular complexity index is 2070. The number of benzene rings is 5. The zero-order chi connectivity index (χ0) is 26.5. The summed E-state index contributed by atoms with van der Waals surface area (Å²) >= 11 is 0. The van der Waals surface area contributed by atoms with Gasteiger partial charge in [0.1, 0.15) is 16.7 Å². The van der Waals surface area contributed by atoms with Crippen molar-refractivity contribution in [2.75, 3.05) is 0 Å². The van der Waals surface area contributed by atoms with Crippen molar-refractivity contribution in [3.8, 4) is 45.4 Å². The van der Waals surface area contributed by atoms with Gasteiger partial charge in [-0.3, -0.25) is 0 Å². The van der Waals surface area contributed by atoms with E-state index in [1.807, 2.05) is 91.0 Å². The van der Waals surface area contributed by atoms with Gasteiger partial charge >= 0.3 is 0 Å². The van der Waals surface area contributed by atoms with Crippen LogP contribution in [0.5, 0.6) is 0 Å². The van der Waals surface area contributed by atoms with Crippen molar-refractivity contribution in [1.29, 1.82) is 0 Å². The van der Waals surface area contributed by atoms with E-state index in [0.717, 1.165) is 66.7 Å². The second-order valence-electron chi connectivity index (χ2n) is 9.67. The molecule has 3 heterocycles. The standard InChI is InChI=1S/C35H21N3O2/c1-3-10-22(11-4-1)28-21-29(23-12-5-2-6-13-23)37-34(36-28)26-14-9-17-31-33(26)25-19-18-24(20-32(25)39-31)35-38-27-15-7-8-16-30(27)40-35/h1-21H. The van der Waals surface area contributed by atoms with Gasteiger partial charge < -0.3 is 8.83 Å². The lowest BCUT2D eigenvalue weighted by Crippen LogP contribution is -1.96. The Labute approximate surface area is 229 Å². The van der Waals surface area contributed by atoms with Crippen molar-refractivity contribution in [2.24, 2.45) is 0 Å². The number of oxazole rings is 1. The molecule has 3 aromatic heterocycles. The molecule has 5 aromatic carbocycles. The fraction of sp³-hybridized carbons (Fsp3) is 0. The maximum Gasteiger partial charge on any atom is 0.227 e. The van der Waals surface area contributed by atoms with E-state index < -0.39 is 0 Å². The molecule has 0 saturated carbocycles. The van der Waals surface area contributed by atoms with E-state index in [0.29, 0.717) is 11.7 Å². The number of hydrogen-bond donors (Lipinski definition) is 0. The van der Waals surface area contributed by atoms with Gasteiger partial charge in [0.05, 0.1) is 11.4 Å². The van der Waals surface area contributed by atoms with Crippen molar-refractivity contribution >= 4 is 33.0 Å². The van der Waals surface area contributed by atoms with Crippen molar-refractivity contribution in [3.63, 3.8) is 0 Å². The summed E-state index contributed by atoms with van der Waals surface area (Å²) in [5, 5.41) is 1.96. The summed E-state index contributed by atoms with van der Waals surface area (Å²) < 4.78 is 12.4. The molecule has 0 saturated heterocycles. The molecule has 0 aliphatic heterocycles. The fourth-order valence-corrected chi connectivity index (χ4v) is 5.22. The summed E-state index contributed by atoms with van der Waals surface area (Å²) in [6.45, 7) is 0. The number of furan rings is 1. The Hall–Kier alpha value is -5.55. The molecule has 5 nitrogen and oxygen atoms in total. The van der Waals surface area contributed by atoms with Gasteiger partial charge in [-0.05, 0) is 42.5 Å². The normalized spacial score (nSPS) is 11.5. The van der Waals surface area contributed by atoms with Gasteiger partial charge in [0, 0.05) is 33.0 Å². The SMILES string of the molecule is c1ccc(-c2cc(-c3ccccc3)nc(-c3cccc4oc5cc(-c6nc7ccccc7o6)ccc5c34)n2)cc1. The quantitative estimate of drug-likeness (QED) is 0.234. The number of hydrogen-bond acceptors (Lipinski definition) is 5. The molecule has 0 unspecified atom stereocenters. The third-order valence-electron chi connectivity index (χ3n) is 7.14. The van der Waals surface area contributed by atoms with Crippen LogP contribution in [0.3, 0.4) is 0 Å². The lowest BCUT2D eigenvalue weighted by Gasteiger charge is -2.10. The number of fused-ring (bicyclic) bond motifs is 4. The minimum atomic E-state index is 0.565. The Morgan fingerprint density at radius 1 is 0.450 bits per heavy atom. The van der Waals surface area contributed by atoms with Crippen LogP contribution in [0.25, 0.3) is 78.4 Å². The van der Waals surface area contributed by atoms with E-state index in [2.05, 4.69) is 41.4 Å². The first-order valence-corrected chi connectivity index (χ1v) is 13.1. The zero-order valence-corrected chi connectivity index (χ0v) is 21.3. The molecule has 0 radical (unpaired) electrons. The fourth-order valence-electron chi connectivity index (χ4n) is 5.22. The maximum absolute atomic E-state index is 6.36.